The summed E-state index contributed by atoms with van der Waals surface area (Å²) in [6, 6.07) is 8.42. The number of hydrogen-bond acceptors (Lipinski definition) is 4. The van der Waals surface area contributed by atoms with E-state index in [-0.39, 0.29) is 6.61 Å². The van der Waals surface area contributed by atoms with Gasteiger partial charge in [0, 0.05) is 29.7 Å². The van der Waals surface area contributed by atoms with Crippen LogP contribution in [0.4, 0.5) is 5.69 Å². The molecule has 1 aromatic carbocycles. The van der Waals surface area contributed by atoms with Crippen LogP contribution >= 0.6 is 11.3 Å². The fraction of sp³-hybridized carbons (Fsp3) is 0.357. The maximum absolute atomic E-state index is 9.11. The van der Waals surface area contributed by atoms with E-state index in [1.54, 1.807) is 11.3 Å². The number of nitrogens with zero attached hydrogens (tertiary/aromatic N) is 2. The van der Waals surface area contributed by atoms with Gasteiger partial charge in [0.25, 0.3) is 0 Å². The van der Waals surface area contributed by atoms with E-state index in [4.69, 9.17) is 5.11 Å². The molecule has 1 saturated heterocycles. The highest BCUT2D eigenvalue weighted by molar-refractivity contribution is 7.13. The molecule has 0 amide bonds. The second-order valence-electron chi connectivity index (χ2n) is 4.51. The van der Waals surface area contributed by atoms with Gasteiger partial charge in [0.05, 0.1) is 12.3 Å². The number of rotatable bonds is 3. The topological polar surface area (TPSA) is 36.4 Å². The average molecular weight is 260 g/mol. The molecular formula is C14H16N2OS. The summed E-state index contributed by atoms with van der Waals surface area (Å²) in [5.41, 5.74) is 3.21. The van der Waals surface area contributed by atoms with Crippen molar-refractivity contribution in [1.29, 1.82) is 0 Å². The Hall–Kier alpha value is -1.39. The molecule has 94 valence electrons. The number of aliphatic hydroxyl groups is 1. The Bertz CT molecular complexity index is 532. The highest BCUT2D eigenvalue weighted by atomic mass is 32.1. The van der Waals surface area contributed by atoms with Crippen LogP contribution in [-0.4, -0.2) is 23.2 Å². The van der Waals surface area contributed by atoms with E-state index in [0.717, 1.165) is 23.8 Å². The summed E-state index contributed by atoms with van der Waals surface area (Å²) in [5.74, 6) is 0. The van der Waals surface area contributed by atoms with Crippen molar-refractivity contribution in [3.8, 4) is 10.6 Å². The van der Waals surface area contributed by atoms with E-state index in [9.17, 15) is 0 Å². The molecule has 2 aromatic rings. The third kappa shape index (κ3) is 2.13. The molecule has 1 aliphatic heterocycles. The molecule has 0 unspecified atom stereocenters. The second kappa shape index (κ2) is 5.08. The predicted octanol–water partition coefficient (Wildman–Crippen LogP) is 2.90. The zero-order chi connectivity index (χ0) is 12.4. The fourth-order valence-corrected chi connectivity index (χ4v) is 3.24. The second-order valence-corrected chi connectivity index (χ2v) is 5.37. The molecule has 18 heavy (non-hydrogen) atoms. The van der Waals surface area contributed by atoms with Crippen LogP contribution in [0.25, 0.3) is 10.6 Å². The van der Waals surface area contributed by atoms with Crippen molar-refractivity contribution in [1.82, 2.24) is 4.98 Å². The Morgan fingerprint density at radius 2 is 2.00 bits per heavy atom. The molecule has 1 aliphatic rings. The molecule has 2 heterocycles. The highest BCUT2D eigenvalue weighted by Crippen LogP contribution is 2.34. The number of aromatic nitrogens is 1. The Morgan fingerprint density at radius 3 is 2.72 bits per heavy atom. The van der Waals surface area contributed by atoms with Crippen molar-refractivity contribution < 1.29 is 5.11 Å². The van der Waals surface area contributed by atoms with Gasteiger partial charge in [-0.05, 0) is 25.0 Å². The number of thiazole rings is 1. The Labute approximate surface area is 111 Å². The predicted molar refractivity (Wildman–Crippen MR) is 74.9 cm³/mol. The third-order valence-electron chi connectivity index (χ3n) is 3.29. The van der Waals surface area contributed by atoms with Crippen LogP contribution in [0.3, 0.4) is 0 Å². The van der Waals surface area contributed by atoms with E-state index < -0.39 is 0 Å². The minimum Gasteiger partial charge on any atom is -0.390 e. The van der Waals surface area contributed by atoms with Gasteiger partial charge < -0.3 is 10.0 Å². The van der Waals surface area contributed by atoms with Crippen molar-refractivity contribution in [2.24, 2.45) is 0 Å². The van der Waals surface area contributed by atoms with Gasteiger partial charge in [0.2, 0.25) is 0 Å². The van der Waals surface area contributed by atoms with Crippen molar-refractivity contribution in [3.05, 3.63) is 35.3 Å². The van der Waals surface area contributed by atoms with Gasteiger partial charge in [-0.3, -0.25) is 0 Å². The normalized spacial score (nSPS) is 15.3. The Morgan fingerprint density at radius 1 is 1.22 bits per heavy atom. The average Bonchev–Trinajstić information content (AvgIpc) is 3.10. The zero-order valence-electron chi connectivity index (χ0n) is 10.2. The largest absolute Gasteiger partial charge is 0.390 e. The molecule has 0 spiro atoms. The van der Waals surface area contributed by atoms with Gasteiger partial charge in [0.1, 0.15) is 5.01 Å². The van der Waals surface area contributed by atoms with E-state index >= 15 is 0 Å². The molecule has 3 rings (SSSR count). The summed E-state index contributed by atoms with van der Waals surface area (Å²) in [6.07, 6.45) is 2.54. The SMILES string of the molecule is OCc1csc(-c2ccccc2N2CCCC2)n1. The zero-order valence-corrected chi connectivity index (χ0v) is 11.0. The Balaban J connectivity index is 2.00. The first-order valence-corrected chi connectivity index (χ1v) is 7.16. The van der Waals surface area contributed by atoms with Gasteiger partial charge in [0.15, 0.2) is 0 Å². The van der Waals surface area contributed by atoms with Crippen molar-refractivity contribution >= 4 is 17.0 Å². The molecule has 1 aromatic heterocycles. The maximum Gasteiger partial charge on any atom is 0.125 e. The minimum atomic E-state index is 0.0163. The number of aliphatic hydroxyl groups excluding tert-OH is 1. The first-order chi connectivity index (χ1) is 8.88. The number of hydrogen-bond donors (Lipinski definition) is 1. The van der Waals surface area contributed by atoms with Crippen LogP contribution in [0.1, 0.15) is 18.5 Å². The summed E-state index contributed by atoms with van der Waals surface area (Å²) >= 11 is 1.60. The molecule has 0 bridgehead atoms. The fourth-order valence-electron chi connectivity index (χ4n) is 2.39. The van der Waals surface area contributed by atoms with E-state index in [0.29, 0.717) is 0 Å². The first kappa shape index (κ1) is 11.7. The van der Waals surface area contributed by atoms with Crippen LogP contribution < -0.4 is 4.90 Å². The molecule has 1 N–H and O–H groups in total. The van der Waals surface area contributed by atoms with Crippen LogP contribution in [0.15, 0.2) is 29.6 Å². The number of para-hydroxylation sites is 1. The lowest BCUT2D eigenvalue weighted by Crippen LogP contribution is -2.18. The lowest BCUT2D eigenvalue weighted by atomic mass is 10.1. The summed E-state index contributed by atoms with van der Waals surface area (Å²) < 4.78 is 0. The smallest absolute Gasteiger partial charge is 0.125 e. The van der Waals surface area contributed by atoms with E-state index in [2.05, 4.69) is 34.1 Å². The first-order valence-electron chi connectivity index (χ1n) is 6.28. The molecule has 4 heteroatoms. The molecule has 0 saturated carbocycles. The van der Waals surface area contributed by atoms with Gasteiger partial charge in [-0.2, -0.15) is 0 Å². The van der Waals surface area contributed by atoms with E-state index in [1.807, 2.05) is 5.38 Å². The van der Waals surface area contributed by atoms with Crippen LogP contribution in [0.5, 0.6) is 0 Å². The quantitative estimate of drug-likeness (QED) is 0.922. The summed E-state index contributed by atoms with van der Waals surface area (Å²) in [6.45, 7) is 2.28. The monoisotopic (exact) mass is 260 g/mol. The molecule has 0 atom stereocenters. The lowest BCUT2D eigenvalue weighted by molar-refractivity contribution is 0.278. The van der Waals surface area contributed by atoms with Gasteiger partial charge >= 0.3 is 0 Å². The van der Waals surface area contributed by atoms with E-state index in [1.165, 1.54) is 24.1 Å². The van der Waals surface area contributed by atoms with Crippen LogP contribution in [0.2, 0.25) is 0 Å². The minimum absolute atomic E-state index is 0.0163. The number of benzene rings is 1. The summed E-state index contributed by atoms with van der Waals surface area (Å²) in [5, 5.41) is 12.0. The Kier molecular flexibility index (Phi) is 3.30. The van der Waals surface area contributed by atoms with Crippen molar-refractivity contribution in [2.45, 2.75) is 19.4 Å². The highest BCUT2D eigenvalue weighted by Gasteiger charge is 2.17. The summed E-state index contributed by atoms with van der Waals surface area (Å²) in [7, 11) is 0. The molecule has 0 aliphatic carbocycles. The van der Waals surface area contributed by atoms with Crippen molar-refractivity contribution in [2.75, 3.05) is 18.0 Å². The van der Waals surface area contributed by atoms with Crippen LogP contribution in [-0.2, 0) is 6.61 Å². The molecule has 1 fully saturated rings. The summed E-state index contributed by atoms with van der Waals surface area (Å²) in [4.78, 5) is 6.90. The van der Waals surface area contributed by atoms with Gasteiger partial charge in [-0.15, -0.1) is 11.3 Å². The molecule has 0 radical (unpaired) electrons. The third-order valence-corrected chi connectivity index (χ3v) is 4.22. The maximum atomic E-state index is 9.11. The molecule has 3 nitrogen and oxygen atoms in total. The van der Waals surface area contributed by atoms with Crippen LogP contribution in [0, 0.1) is 0 Å². The van der Waals surface area contributed by atoms with Crippen molar-refractivity contribution in [3.63, 3.8) is 0 Å². The standard InChI is InChI=1S/C14H16N2OS/c17-9-11-10-18-14(15-11)12-5-1-2-6-13(12)16-7-3-4-8-16/h1-2,5-6,10,17H,3-4,7-9H2. The lowest BCUT2D eigenvalue weighted by Gasteiger charge is -2.20. The number of anilines is 1. The molecular weight excluding hydrogens is 244 g/mol. The van der Waals surface area contributed by atoms with Gasteiger partial charge in [-0.25, -0.2) is 4.98 Å². The van der Waals surface area contributed by atoms with Gasteiger partial charge in [-0.1, -0.05) is 12.1 Å².